The van der Waals surface area contributed by atoms with Crippen molar-refractivity contribution in [3.8, 4) is 5.75 Å². The van der Waals surface area contributed by atoms with Gasteiger partial charge in [-0.2, -0.15) is 0 Å². The second-order valence-corrected chi connectivity index (χ2v) is 9.05. The molecular formula is C19H22ClN3O3S. The maximum Gasteiger partial charge on any atom is 0.264 e. The molecule has 0 bridgehead atoms. The normalized spacial score (nSPS) is 17.4. The standard InChI is InChI=1S/C19H22ClN3O3S/c1-14-12-17(22-8-6-21-7-9-22)19-18(13-14)23(10-11-26-19)27(24,25)16-4-2-15(20)3-5-16/h2-5,12-13,21H,6-11H2,1H3. The van der Waals surface area contributed by atoms with E-state index in [9.17, 15) is 8.42 Å². The molecule has 0 aromatic heterocycles. The summed E-state index contributed by atoms with van der Waals surface area (Å²) in [5, 5.41) is 3.85. The Morgan fingerprint density at radius 3 is 2.41 bits per heavy atom. The highest BCUT2D eigenvalue weighted by Crippen LogP contribution is 2.43. The molecule has 27 heavy (non-hydrogen) atoms. The first-order valence-electron chi connectivity index (χ1n) is 8.98. The Kier molecular flexibility index (Phi) is 4.92. The summed E-state index contributed by atoms with van der Waals surface area (Å²) in [6.07, 6.45) is 0. The Morgan fingerprint density at radius 1 is 1.04 bits per heavy atom. The monoisotopic (exact) mass is 407 g/mol. The number of halogens is 1. The summed E-state index contributed by atoms with van der Waals surface area (Å²) in [6, 6.07) is 10.2. The van der Waals surface area contributed by atoms with E-state index in [0.717, 1.165) is 37.4 Å². The van der Waals surface area contributed by atoms with E-state index in [1.807, 2.05) is 13.0 Å². The van der Waals surface area contributed by atoms with Gasteiger partial charge in [-0.15, -0.1) is 0 Å². The van der Waals surface area contributed by atoms with Crippen LogP contribution >= 0.6 is 11.6 Å². The topological polar surface area (TPSA) is 61.9 Å². The molecule has 0 atom stereocenters. The van der Waals surface area contributed by atoms with Gasteiger partial charge < -0.3 is 15.0 Å². The van der Waals surface area contributed by atoms with Gasteiger partial charge in [0.25, 0.3) is 10.0 Å². The number of hydrogen-bond donors (Lipinski definition) is 1. The van der Waals surface area contributed by atoms with Crippen LogP contribution in [0.15, 0.2) is 41.3 Å². The zero-order valence-corrected chi connectivity index (χ0v) is 16.7. The number of nitrogens with zero attached hydrogens (tertiary/aromatic N) is 2. The number of fused-ring (bicyclic) bond motifs is 1. The molecule has 0 saturated carbocycles. The highest BCUT2D eigenvalue weighted by Gasteiger charge is 2.33. The molecule has 1 fully saturated rings. The summed E-state index contributed by atoms with van der Waals surface area (Å²) in [6.45, 7) is 6.11. The van der Waals surface area contributed by atoms with E-state index in [1.165, 1.54) is 4.31 Å². The Hall–Kier alpha value is -1.96. The van der Waals surface area contributed by atoms with E-state index in [2.05, 4.69) is 16.3 Å². The van der Waals surface area contributed by atoms with Crippen LogP contribution in [-0.4, -0.2) is 47.7 Å². The third-order valence-corrected chi connectivity index (χ3v) is 6.94. The number of rotatable bonds is 3. The number of hydrogen-bond acceptors (Lipinski definition) is 5. The Bertz CT molecular complexity index is 941. The van der Waals surface area contributed by atoms with Crippen molar-refractivity contribution < 1.29 is 13.2 Å². The first kappa shape index (κ1) is 18.4. The van der Waals surface area contributed by atoms with Crippen molar-refractivity contribution in [1.82, 2.24) is 5.32 Å². The molecule has 1 N–H and O–H groups in total. The van der Waals surface area contributed by atoms with Crippen LogP contribution in [0.3, 0.4) is 0 Å². The number of ether oxygens (including phenoxy) is 1. The third-order valence-electron chi connectivity index (χ3n) is 4.86. The van der Waals surface area contributed by atoms with Crippen molar-refractivity contribution >= 4 is 33.0 Å². The first-order valence-corrected chi connectivity index (χ1v) is 10.8. The maximum absolute atomic E-state index is 13.3. The molecule has 0 radical (unpaired) electrons. The van der Waals surface area contributed by atoms with Crippen molar-refractivity contribution in [3.05, 3.63) is 47.0 Å². The molecule has 2 aliphatic rings. The number of anilines is 2. The molecule has 0 spiro atoms. The van der Waals surface area contributed by atoms with Crippen LogP contribution in [0.25, 0.3) is 0 Å². The van der Waals surface area contributed by atoms with E-state index < -0.39 is 10.0 Å². The SMILES string of the molecule is Cc1cc(N2CCNCC2)c2c(c1)N(S(=O)(=O)c1ccc(Cl)cc1)CCO2. The number of aryl methyl sites for hydroxylation is 1. The van der Waals surface area contributed by atoms with E-state index in [-0.39, 0.29) is 11.4 Å². The summed E-state index contributed by atoms with van der Waals surface area (Å²) < 4.78 is 33.9. The fourth-order valence-corrected chi connectivity index (χ4v) is 5.11. The van der Waals surface area contributed by atoms with Crippen LogP contribution < -0.4 is 19.3 Å². The van der Waals surface area contributed by atoms with Crippen LogP contribution in [0.5, 0.6) is 5.75 Å². The van der Waals surface area contributed by atoms with E-state index in [4.69, 9.17) is 16.3 Å². The number of nitrogens with one attached hydrogen (secondary N) is 1. The molecule has 144 valence electrons. The molecule has 2 aliphatic heterocycles. The molecule has 4 rings (SSSR count). The van der Waals surface area contributed by atoms with Crippen molar-refractivity contribution in [2.75, 3.05) is 48.5 Å². The largest absolute Gasteiger partial charge is 0.487 e. The van der Waals surface area contributed by atoms with Crippen LogP contribution in [-0.2, 0) is 10.0 Å². The highest BCUT2D eigenvalue weighted by atomic mass is 35.5. The number of piperazine rings is 1. The maximum atomic E-state index is 13.3. The smallest absolute Gasteiger partial charge is 0.264 e. The second kappa shape index (κ2) is 7.22. The lowest BCUT2D eigenvalue weighted by atomic mass is 10.1. The summed E-state index contributed by atoms with van der Waals surface area (Å²) >= 11 is 5.92. The first-order chi connectivity index (χ1) is 13.0. The lowest BCUT2D eigenvalue weighted by Gasteiger charge is -2.36. The van der Waals surface area contributed by atoms with E-state index in [0.29, 0.717) is 23.1 Å². The van der Waals surface area contributed by atoms with Gasteiger partial charge in [0, 0.05) is 31.2 Å². The van der Waals surface area contributed by atoms with E-state index in [1.54, 1.807) is 24.3 Å². The summed E-state index contributed by atoms with van der Waals surface area (Å²) in [7, 11) is -3.69. The molecule has 0 unspecified atom stereocenters. The average molecular weight is 408 g/mol. The Morgan fingerprint density at radius 2 is 1.70 bits per heavy atom. The summed E-state index contributed by atoms with van der Waals surface area (Å²) in [4.78, 5) is 2.48. The molecule has 8 heteroatoms. The highest BCUT2D eigenvalue weighted by molar-refractivity contribution is 7.92. The van der Waals surface area contributed by atoms with Crippen molar-refractivity contribution in [3.63, 3.8) is 0 Å². The van der Waals surface area contributed by atoms with Crippen LogP contribution in [0, 0.1) is 6.92 Å². The minimum absolute atomic E-state index is 0.227. The molecular weight excluding hydrogens is 386 g/mol. The van der Waals surface area contributed by atoms with Gasteiger partial charge in [-0.3, -0.25) is 4.31 Å². The average Bonchev–Trinajstić information content (AvgIpc) is 2.68. The summed E-state index contributed by atoms with van der Waals surface area (Å²) in [5.74, 6) is 0.645. The fourth-order valence-electron chi connectivity index (χ4n) is 3.54. The minimum Gasteiger partial charge on any atom is -0.487 e. The van der Waals surface area contributed by atoms with Gasteiger partial charge in [0.2, 0.25) is 0 Å². The van der Waals surface area contributed by atoms with E-state index >= 15 is 0 Å². The van der Waals surface area contributed by atoms with Gasteiger partial charge in [0.05, 0.1) is 22.8 Å². The van der Waals surface area contributed by atoms with Gasteiger partial charge in [0.1, 0.15) is 6.61 Å². The number of benzene rings is 2. The zero-order chi connectivity index (χ0) is 19.0. The van der Waals surface area contributed by atoms with Gasteiger partial charge in [-0.25, -0.2) is 8.42 Å². The van der Waals surface area contributed by atoms with Crippen molar-refractivity contribution in [1.29, 1.82) is 0 Å². The predicted octanol–water partition coefficient (Wildman–Crippen LogP) is 2.65. The predicted molar refractivity (Wildman–Crippen MR) is 108 cm³/mol. The Balaban J connectivity index is 1.79. The zero-order valence-electron chi connectivity index (χ0n) is 15.1. The molecule has 2 aromatic carbocycles. The Labute approximate surface area is 164 Å². The van der Waals surface area contributed by atoms with Gasteiger partial charge in [-0.05, 0) is 48.9 Å². The molecule has 1 saturated heterocycles. The quantitative estimate of drug-likeness (QED) is 0.847. The van der Waals surface area contributed by atoms with Gasteiger partial charge in [0.15, 0.2) is 5.75 Å². The van der Waals surface area contributed by atoms with Gasteiger partial charge in [-0.1, -0.05) is 11.6 Å². The molecule has 2 aromatic rings. The lowest BCUT2D eigenvalue weighted by molar-refractivity contribution is 0.315. The van der Waals surface area contributed by atoms with Crippen molar-refractivity contribution in [2.24, 2.45) is 0 Å². The summed E-state index contributed by atoms with van der Waals surface area (Å²) in [5.41, 5.74) is 2.57. The third kappa shape index (κ3) is 3.47. The van der Waals surface area contributed by atoms with Crippen molar-refractivity contribution in [2.45, 2.75) is 11.8 Å². The molecule has 6 nitrogen and oxygen atoms in total. The van der Waals surface area contributed by atoms with Crippen LogP contribution in [0.4, 0.5) is 11.4 Å². The van der Waals surface area contributed by atoms with Gasteiger partial charge >= 0.3 is 0 Å². The van der Waals surface area contributed by atoms with Crippen LogP contribution in [0.1, 0.15) is 5.56 Å². The lowest BCUT2D eigenvalue weighted by Crippen LogP contribution is -2.44. The molecule has 0 aliphatic carbocycles. The minimum atomic E-state index is -3.69. The molecule has 2 heterocycles. The molecule has 0 amide bonds. The second-order valence-electron chi connectivity index (χ2n) is 6.75. The van der Waals surface area contributed by atoms with Crippen LogP contribution in [0.2, 0.25) is 5.02 Å². The number of sulfonamides is 1. The fraction of sp³-hybridized carbons (Fsp3) is 0.368.